The Labute approximate surface area is 164 Å². The predicted molar refractivity (Wildman–Crippen MR) is 99.2 cm³/mol. The first-order chi connectivity index (χ1) is 13.8. The lowest BCUT2D eigenvalue weighted by Crippen LogP contribution is -2.16. The number of halogens is 3. The Hall–Kier alpha value is -3.55. The number of benzene rings is 2. The number of carbonyl (C=O) groups is 2. The highest BCUT2D eigenvalue weighted by molar-refractivity contribution is 6.26. The molecule has 0 saturated carbocycles. The van der Waals surface area contributed by atoms with E-state index in [1.165, 1.54) is 18.2 Å². The van der Waals surface area contributed by atoms with E-state index in [0.717, 1.165) is 12.1 Å². The Morgan fingerprint density at radius 1 is 1.10 bits per heavy atom. The van der Waals surface area contributed by atoms with E-state index in [1.54, 1.807) is 37.3 Å². The van der Waals surface area contributed by atoms with Crippen LogP contribution in [0.3, 0.4) is 0 Å². The lowest BCUT2D eigenvalue weighted by molar-refractivity contribution is -0.140. The van der Waals surface area contributed by atoms with Crippen LogP contribution >= 0.6 is 0 Å². The lowest BCUT2D eigenvalue weighted by atomic mass is 10.0. The molecule has 29 heavy (non-hydrogen) atoms. The number of rotatable bonds is 5. The van der Waals surface area contributed by atoms with E-state index >= 15 is 0 Å². The molecule has 1 aliphatic rings. The second kappa shape index (κ2) is 8.22. The zero-order chi connectivity index (χ0) is 21.0. The van der Waals surface area contributed by atoms with Gasteiger partial charge in [-0.2, -0.15) is 13.2 Å². The van der Waals surface area contributed by atoms with Crippen LogP contribution in [-0.4, -0.2) is 18.4 Å². The molecule has 0 radical (unpaired) electrons. The van der Waals surface area contributed by atoms with Crippen molar-refractivity contribution in [3.63, 3.8) is 0 Å². The molecule has 2 aromatic rings. The third-order valence-corrected chi connectivity index (χ3v) is 3.95. The highest BCUT2D eigenvalue weighted by atomic mass is 19.4. The first-order valence-corrected chi connectivity index (χ1v) is 8.65. The normalized spacial score (nSPS) is 15.4. The quantitative estimate of drug-likeness (QED) is 0.451. The van der Waals surface area contributed by atoms with Crippen molar-refractivity contribution >= 4 is 23.5 Å². The van der Waals surface area contributed by atoms with Gasteiger partial charge in [0.2, 0.25) is 11.7 Å². The summed E-state index contributed by atoms with van der Waals surface area (Å²) in [7, 11) is 0. The number of ketones is 1. The second-order valence-electron chi connectivity index (χ2n) is 5.94. The van der Waals surface area contributed by atoms with Crippen molar-refractivity contribution in [3.05, 3.63) is 82.9 Å². The first kappa shape index (κ1) is 20.2. The molecule has 0 aromatic heterocycles. The summed E-state index contributed by atoms with van der Waals surface area (Å²) < 4.78 is 50.0. The lowest BCUT2D eigenvalue weighted by Gasteiger charge is -2.11. The van der Waals surface area contributed by atoms with Crippen molar-refractivity contribution < 1.29 is 32.2 Å². The average Bonchev–Trinajstić information content (AvgIpc) is 2.97. The van der Waals surface area contributed by atoms with Crippen molar-refractivity contribution in [2.75, 3.05) is 11.9 Å². The van der Waals surface area contributed by atoms with Gasteiger partial charge >= 0.3 is 12.1 Å². The summed E-state index contributed by atoms with van der Waals surface area (Å²) in [5, 5.41) is 2.79. The molecule has 3 rings (SSSR count). The van der Waals surface area contributed by atoms with Gasteiger partial charge in [-0.15, -0.1) is 0 Å². The van der Waals surface area contributed by atoms with E-state index in [9.17, 15) is 22.8 Å². The number of Topliss-reactive ketones (excluding diaryl/α,β-unsaturated/α-hetero) is 1. The summed E-state index contributed by atoms with van der Waals surface area (Å²) >= 11 is 0. The van der Waals surface area contributed by atoms with Gasteiger partial charge in [-0.25, -0.2) is 4.79 Å². The van der Waals surface area contributed by atoms with Crippen molar-refractivity contribution in [2.45, 2.75) is 13.1 Å². The number of esters is 1. The summed E-state index contributed by atoms with van der Waals surface area (Å²) in [6.45, 7) is 1.59. The molecule has 0 bridgehead atoms. The zero-order valence-corrected chi connectivity index (χ0v) is 15.2. The molecule has 0 amide bonds. The third kappa shape index (κ3) is 4.48. The molecular weight excluding hydrogens is 387 g/mol. The van der Waals surface area contributed by atoms with Gasteiger partial charge in [0.15, 0.2) is 11.3 Å². The van der Waals surface area contributed by atoms with E-state index < -0.39 is 34.8 Å². The van der Waals surface area contributed by atoms with Gasteiger partial charge < -0.3 is 14.8 Å². The number of anilines is 1. The fraction of sp³-hybridized carbons (Fsp3) is 0.143. The molecule has 1 aliphatic heterocycles. The SMILES string of the molecule is CCOC(=O)C1=C(Nc2ccccc2)OC(=Cc2ccccc2C(F)(F)F)C1=O. The predicted octanol–water partition coefficient (Wildman–Crippen LogP) is 4.53. The molecule has 0 unspecified atom stereocenters. The Morgan fingerprint density at radius 2 is 1.76 bits per heavy atom. The van der Waals surface area contributed by atoms with Gasteiger partial charge in [0.1, 0.15) is 0 Å². The van der Waals surface area contributed by atoms with Crippen LogP contribution < -0.4 is 5.32 Å². The zero-order valence-electron chi connectivity index (χ0n) is 15.2. The molecule has 2 aromatic carbocycles. The first-order valence-electron chi connectivity index (χ1n) is 8.65. The Bertz CT molecular complexity index is 994. The van der Waals surface area contributed by atoms with E-state index in [1.807, 2.05) is 0 Å². The van der Waals surface area contributed by atoms with Crippen LogP contribution in [0.15, 0.2) is 71.8 Å². The molecular formula is C21H16F3NO4. The molecule has 0 aliphatic carbocycles. The number of nitrogens with one attached hydrogen (secondary N) is 1. The highest BCUT2D eigenvalue weighted by Gasteiger charge is 2.38. The molecule has 1 heterocycles. The van der Waals surface area contributed by atoms with E-state index in [0.29, 0.717) is 5.69 Å². The van der Waals surface area contributed by atoms with Gasteiger partial charge in [-0.05, 0) is 36.8 Å². The van der Waals surface area contributed by atoms with Crippen LogP contribution in [0.4, 0.5) is 18.9 Å². The minimum Gasteiger partial charge on any atom is -0.462 e. The number of allylic oxidation sites excluding steroid dienone is 1. The van der Waals surface area contributed by atoms with Crippen LogP contribution in [0.2, 0.25) is 0 Å². The topological polar surface area (TPSA) is 64.6 Å². The molecule has 8 heteroatoms. The maximum absolute atomic E-state index is 13.2. The second-order valence-corrected chi connectivity index (χ2v) is 5.94. The van der Waals surface area contributed by atoms with E-state index in [-0.39, 0.29) is 18.1 Å². The largest absolute Gasteiger partial charge is 0.462 e. The number of alkyl halides is 3. The van der Waals surface area contributed by atoms with E-state index in [2.05, 4.69) is 5.32 Å². The van der Waals surface area contributed by atoms with Crippen LogP contribution in [-0.2, 0) is 25.2 Å². The number of carbonyl (C=O) groups excluding carboxylic acids is 2. The van der Waals surface area contributed by atoms with Gasteiger partial charge in [0.25, 0.3) is 0 Å². The molecule has 1 N–H and O–H groups in total. The maximum atomic E-state index is 13.2. The summed E-state index contributed by atoms with van der Waals surface area (Å²) in [5.41, 5.74) is -1.07. The molecule has 0 saturated heterocycles. The number of ether oxygens (including phenoxy) is 2. The standard InChI is InChI=1S/C21H16F3NO4/c1-2-28-20(27)17-18(26)16(29-19(17)25-14-9-4-3-5-10-14)12-13-8-6-7-11-15(13)21(22,23)24/h3-12,25H,2H2,1H3. The van der Waals surface area contributed by atoms with Gasteiger partial charge in [-0.1, -0.05) is 36.4 Å². The van der Waals surface area contributed by atoms with Crippen molar-refractivity contribution in [1.29, 1.82) is 0 Å². The minimum atomic E-state index is -4.61. The van der Waals surface area contributed by atoms with Crippen LogP contribution in [0, 0.1) is 0 Å². The highest BCUT2D eigenvalue weighted by Crippen LogP contribution is 2.35. The maximum Gasteiger partial charge on any atom is 0.416 e. The summed E-state index contributed by atoms with van der Waals surface area (Å²) in [5.74, 6) is -2.40. The fourth-order valence-corrected chi connectivity index (χ4v) is 2.68. The van der Waals surface area contributed by atoms with Crippen LogP contribution in [0.25, 0.3) is 6.08 Å². The fourth-order valence-electron chi connectivity index (χ4n) is 2.68. The van der Waals surface area contributed by atoms with Crippen molar-refractivity contribution in [3.8, 4) is 0 Å². The number of hydrogen-bond donors (Lipinski definition) is 1. The monoisotopic (exact) mass is 403 g/mol. The van der Waals surface area contributed by atoms with Crippen LogP contribution in [0.1, 0.15) is 18.1 Å². The van der Waals surface area contributed by atoms with Crippen LogP contribution in [0.5, 0.6) is 0 Å². The van der Waals surface area contributed by atoms with Gasteiger partial charge in [0, 0.05) is 5.69 Å². The van der Waals surface area contributed by atoms with E-state index in [4.69, 9.17) is 9.47 Å². The Kier molecular flexibility index (Phi) is 5.72. The Morgan fingerprint density at radius 3 is 2.41 bits per heavy atom. The van der Waals surface area contributed by atoms with Crippen molar-refractivity contribution in [2.24, 2.45) is 0 Å². The molecule has 0 atom stereocenters. The molecule has 150 valence electrons. The summed E-state index contributed by atoms with van der Waals surface area (Å²) in [6, 6.07) is 13.3. The number of para-hydroxylation sites is 1. The summed E-state index contributed by atoms with van der Waals surface area (Å²) in [6.07, 6.45) is -3.65. The van der Waals surface area contributed by atoms with Gasteiger partial charge in [0.05, 0.1) is 12.2 Å². The Balaban J connectivity index is 2.00. The molecule has 5 nitrogen and oxygen atoms in total. The minimum absolute atomic E-state index is 0.0180. The smallest absolute Gasteiger partial charge is 0.416 e. The van der Waals surface area contributed by atoms with Crippen molar-refractivity contribution in [1.82, 2.24) is 0 Å². The molecule has 0 spiro atoms. The number of hydrogen-bond acceptors (Lipinski definition) is 5. The third-order valence-electron chi connectivity index (χ3n) is 3.95. The molecule has 0 fully saturated rings. The summed E-state index contributed by atoms with van der Waals surface area (Å²) in [4.78, 5) is 25.0. The van der Waals surface area contributed by atoms with Gasteiger partial charge in [-0.3, -0.25) is 4.79 Å². The average molecular weight is 403 g/mol.